The van der Waals surface area contributed by atoms with Gasteiger partial charge in [-0.2, -0.15) is 5.26 Å². The van der Waals surface area contributed by atoms with Gasteiger partial charge in [-0.3, -0.25) is 0 Å². The zero-order valence-electron chi connectivity index (χ0n) is 8.21. The molecule has 0 bridgehead atoms. The molecule has 0 saturated carbocycles. The van der Waals surface area contributed by atoms with E-state index in [2.05, 4.69) is 0 Å². The van der Waals surface area contributed by atoms with Gasteiger partial charge in [-0.15, -0.1) is 0 Å². The first-order valence-corrected chi connectivity index (χ1v) is 3.49. The van der Waals surface area contributed by atoms with E-state index in [4.69, 9.17) is 5.26 Å². The normalized spacial score (nSPS) is 6.31. The summed E-state index contributed by atoms with van der Waals surface area (Å²) in [7, 11) is 0. The molecule has 0 unspecified atom stereocenters. The van der Waals surface area contributed by atoms with Crippen molar-refractivity contribution in [1.29, 1.82) is 5.26 Å². The van der Waals surface area contributed by atoms with Crippen LogP contribution < -0.4 is 0 Å². The van der Waals surface area contributed by atoms with Crippen molar-refractivity contribution in [1.82, 2.24) is 0 Å². The van der Waals surface area contributed by atoms with E-state index in [9.17, 15) is 4.39 Å². The summed E-state index contributed by atoms with van der Waals surface area (Å²) in [6, 6.07) is 7.60. The molecule has 0 amide bonds. The summed E-state index contributed by atoms with van der Waals surface area (Å²) in [5, 5.41) is 8.23. The topological polar surface area (TPSA) is 23.8 Å². The van der Waals surface area contributed by atoms with Gasteiger partial charge in [-0.25, -0.2) is 4.39 Å². The summed E-state index contributed by atoms with van der Waals surface area (Å²) in [5.41, 5.74) is 0.0949. The van der Waals surface area contributed by atoms with Crippen LogP contribution in [0.1, 0.15) is 19.4 Å². The molecule has 0 aliphatic heterocycles. The second-order valence-corrected chi connectivity index (χ2v) is 1.59. The Morgan fingerprint density at radius 1 is 1.23 bits per heavy atom. The van der Waals surface area contributed by atoms with Crippen LogP contribution in [0.4, 0.5) is 4.39 Å². The molecule has 1 aromatic carbocycles. The molecule has 0 spiro atoms. The van der Waals surface area contributed by atoms with Gasteiger partial charge in [-0.05, 0) is 12.1 Å². The Labute approximate surface area is 105 Å². The Kier molecular flexibility index (Phi) is 16.7. The molecule has 1 aromatic rings. The summed E-state index contributed by atoms with van der Waals surface area (Å²) >= 11 is 0. The minimum Gasteiger partial charge on any atom is -0.358 e. The van der Waals surface area contributed by atoms with Crippen LogP contribution in [-0.2, 0) is 32.7 Å². The van der Waals surface area contributed by atoms with Crippen molar-refractivity contribution in [2.45, 2.75) is 13.8 Å². The summed E-state index contributed by atoms with van der Waals surface area (Å²) in [6.07, 6.45) is 0. The number of nitriles is 1. The number of nitrogens with zero attached hydrogens (tertiary/aromatic N) is 1. The molecule has 3 heteroatoms. The molecule has 69 valence electrons. The van der Waals surface area contributed by atoms with Crippen molar-refractivity contribution in [3.8, 4) is 6.07 Å². The zero-order valence-corrected chi connectivity index (χ0v) is 11.1. The van der Waals surface area contributed by atoms with E-state index in [0.717, 1.165) is 0 Å². The van der Waals surface area contributed by atoms with Crippen molar-refractivity contribution in [3.63, 3.8) is 0 Å². The third kappa shape index (κ3) is 6.87. The van der Waals surface area contributed by atoms with E-state index in [1.807, 2.05) is 13.8 Å². The molecular formula is C10H13FNY-. The maximum Gasteiger partial charge on any atom is 0.140 e. The Morgan fingerprint density at radius 2 is 1.69 bits per heavy atom. The van der Waals surface area contributed by atoms with E-state index in [1.165, 1.54) is 12.1 Å². The van der Waals surface area contributed by atoms with Gasteiger partial charge < -0.3 is 7.43 Å². The summed E-state index contributed by atoms with van der Waals surface area (Å²) < 4.78 is 12.4. The third-order valence-corrected chi connectivity index (χ3v) is 0.994. The zero-order chi connectivity index (χ0) is 8.69. The Bertz CT molecular complexity index is 255. The Hall–Kier alpha value is -0.256. The maximum absolute atomic E-state index is 12.4. The van der Waals surface area contributed by atoms with Crippen LogP contribution in [-0.4, -0.2) is 0 Å². The summed E-state index contributed by atoms with van der Waals surface area (Å²) in [6.45, 7) is 4.00. The maximum atomic E-state index is 12.4. The fourth-order valence-electron chi connectivity index (χ4n) is 0.552. The van der Waals surface area contributed by atoms with E-state index >= 15 is 0 Å². The van der Waals surface area contributed by atoms with Crippen LogP contribution in [0.2, 0.25) is 0 Å². The van der Waals surface area contributed by atoms with Crippen molar-refractivity contribution >= 4 is 0 Å². The van der Waals surface area contributed by atoms with E-state index in [-0.39, 0.29) is 45.7 Å². The fourth-order valence-corrected chi connectivity index (χ4v) is 0.552. The molecule has 0 N–H and O–H groups in total. The average Bonchev–Trinajstić information content (AvgIpc) is 2.09. The van der Waals surface area contributed by atoms with E-state index in [1.54, 1.807) is 18.2 Å². The molecule has 1 nitrogen and oxygen atoms in total. The van der Waals surface area contributed by atoms with Crippen molar-refractivity contribution in [2.24, 2.45) is 0 Å². The Balaban J connectivity index is -0.000000234. The third-order valence-electron chi connectivity index (χ3n) is 0.994. The van der Waals surface area contributed by atoms with Gasteiger partial charge >= 0.3 is 0 Å². The summed E-state index contributed by atoms with van der Waals surface area (Å²) in [5.74, 6) is -0.458. The monoisotopic (exact) mass is 255 g/mol. The minimum atomic E-state index is -0.458. The van der Waals surface area contributed by atoms with Crippen LogP contribution in [0, 0.1) is 24.6 Å². The molecule has 0 aliphatic rings. The Morgan fingerprint density at radius 3 is 2.00 bits per heavy atom. The standard InChI is InChI=1S/C7H4FN.C2H6.CH3.Y/c8-7-4-2-1-3-6(7)5-9;1-2;;/h1-4H;1-2H3;1H3;/q;;-1;. The van der Waals surface area contributed by atoms with Gasteiger partial charge in [0.1, 0.15) is 11.9 Å². The van der Waals surface area contributed by atoms with Gasteiger partial charge in [0.2, 0.25) is 0 Å². The number of hydrogen-bond acceptors (Lipinski definition) is 1. The van der Waals surface area contributed by atoms with E-state index < -0.39 is 5.82 Å². The van der Waals surface area contributed by atoms with Crippen molar-refractivity contribution in [2.75, 3.05) is 0 Å². The molecule has 0 aromatic heterocycles. The molecule has 1 radical (unpaired) electrons. The van der Waals surface area contributed by atoms with Crippen LogP contribution >= 0.6 is 0 Å². The molecule has 0 atom stereocenters. The number of rotatable bonds is 0. The minimum absolute atomic E-state index is 0. The van der Waals surface area contributed by atoms with Crippen molar-refractivity contribution < 1.29 is 37.1 Å². The van der Waals surface area contributed by atoms with Gasteiger partial charge in [0.15, 0.2) is 0 Å². The number of hydrogen-bond donors (Lipinski definition) is 0. The van der Waals surface area contributed by atoms with Gasteiger partial charge in [-0.1, -0.05) is 26.0 Å². The van der Waals surface area contributed by atoms with Gasteiger partial charge in [0.25, 0.3) is 0 Å². The van der Waals surface area contributed by atoms with Crippen LogP contribution in [0.25, 0.3) is 0 Å². The summed E-state index contributed by atoms with van der Waals surface area (Å²) in [4.78, 5) is 0. The molecule has 0 fully saturated rings. The fraction of sp³-hybridized carbons (Fsp3) is 0.200. The molecule has 0 heterocycles. The molecule has 1 rings (SSSR count). The molecule has 0 saturated heterocycles. The molecule has 13 heavy (non-hydrogen) atoms. The second kappa shape index (κ2) is 11.7. The van der Waals surface area contributed by atoms with Gasteiger partial charge in [0, 0.05) is 32.7 Å². The molecule has 0 aliphatic carbocycles. The SMILES string of the molecule is CC.N#Cc1ccccc1F.[CH3-].[Y]. The number of halogens is 1. The second-order valence-electron chi connectivity index (χ2n) is 1.59. The predicted octanol–water partition coefficient (Wildman–Crippen LogP) is 3.17. The average molecular weight is 255 g/mol. The number of benzene rings is 1. The van der Waals surface area contributed by atoms with Crippen molar-refractivity contribution in [3.05, 3.63) is 43.1 Å². The smallest absolute Gasteiger partial charge is 0.140 e. The van der Waals surface area contributed by atoms with Crippen LogP contribution in [0.3, 0.4) is 0 Å². The predicted molar refractivity (Wildman–Crippen MR) is 48.9 cm³/mol. The largest absolute Gasteiger partial charge is 0.358 e. The first-order valence-electron chi connectivity index (χ1n) is 3.49. The van der Waals surface area contributed by atoms with E-state index in [0.29, 0.717) is 0 Å². The van der Waals surface area contributed by atoms with Gasteiger partial charge in [0.05, 0.1) is 5.56 Å². The van der Waals surface area contributed by atoms with Crippen LogP contribution in [0.15, 0.2) is 24.3 Å². The quantitative estimate of drug-likeness (QED) is 0.653. The first kappa shape index (κ1) is 18.5. The first-order chi connectivity index (χ1) is 5.34. The molecular weight excluding hydrogens is 242 g/mol. The van der Waals surface area contributed by atoms with Crippen LogP contribution in [0.5, 0.6) is 0 Å².